The summed E-state index contributed by atoms with van der Waals surface area (Å²) in [6, 6.07) is 18.2. The quantitative estimate of drug-likeness (QED) is 0.497. The summed E-state index contributed by atoms with van der Waals surface area (Å²) >= 11 is 0. The number of carbonyl (C=O) groups is 1. The summed E-state index contributed by atoms with van der Waals surface area (Å²) in [4.78, 5) is 23.9. The molecule has 5 rings (SSSR count). The minimum absolute atomic E-state index is 0.599. The molecule has 6 heteroatoms. The van der Waals surface area contributed by atoms with Crippen molar-refractivity contribution in [2.75, 3.05) is 16.8 Å². The molecule has 3 aromatic rings. The number of hydrogen-bond donors (Lipinski definition) is 2. The first-order chi connectivity index (χ1) is 16.1. The van der Waals surface area contributed by atoms with E-state index < -0.39 is 11.4 Å². The second kappa shape index (κ2) is 8.85. The number of aromatic nitrogens is 2. The summed E-state index contributed by atoms with van der Waals surface area (Å²) < 4.78 is 0. The summed E-state index contributed by atoms with van der Waals surface area (Å²) in [7, 11) is 0. The van der Waals surface area contributed by atoms with Crippen LogP contribution in [0.25, 0.3) is 0 Å². The Morgan fingerprint density at radius 1 is 1.03 bits per heavy atom. The van der Waals surface area contributed by atoms with Crippen LogP contribution in [0.3, 0.4) is 0 Å². The number of fused-ring (bicyclic) bond motifs is 1. The van der Waals surface area contributed by atoms with E-state index in [-0.39, 0.29) is 0 Å². The molecule has 1 heterocycles. The van der Waals surface area contributed by atoms with E-state index in [1.165, 1.54) is 11.1 Å². The summed E-state index contributed by atoms with van der Waals surface area (Å²) in [6.45, 7) is 3.84. The molecule has 0 aliphatic heterocycles. The van der Waals surface area contributed by atoms with Crippen LogP contribution in [-0.4, -0.2) is 27.6 Å². The third-order valence-electron chi connectivity index (χ3n) is 7.12. The fourth-order valence-electron chi connectivity index (χ4n) is 5.03. The van der Waals surface area contributed by atoms with Crippen LogP contribution in [0, 0.1) is 0 Å². The van der Waals surface area contributed by atoms with Gasteiger partial charge >= 0.3 is 5.97 Å². The molecule has 33 heavy (non-hydrogen) atoms. The number of hydrogen-bond acceptors (Lipinski definition) is 5. The molecule has 2 N–H and O–H groups in total. The normalized spacial score (nSPS) is 16.0. The van der Waals surface area contributed by atoms with Gasteiger partial charge in [0.05, 0.1) is 11.1 Å². The van der Waals surface area contributed by atoms with Crippen molar-refractivity contribution < 1.29 is 9.90 Å². The molecule has 0 saturated heterocycles. The summed E-state index contributed by atoms with van der Waals surface area (Å²) in [5, 5.41) is 13.1. The largest absolute Gasteiger partial charge is 0.481 e. The summed E-state index contributed by atoms with van der Waals surface area (Å²) in [6.07, 6.45) is 5.48. The highest BCUT2D eigenvalue weighted by molar-refractivity contribution is 5.82. The molecule has 2 aromatic carbocycles. The van der Waals surface area contributed by atoms with Crippen molar-refractivity contribution in [1.29, 1.82) is 0 Å². The van der Waals surface area contributed by atoms with Crippen LogP contribution in [0.4, 0.5) is 17.5 Å². The molecule has 0 radical (unpaired) electrons. The Bertz CT molecular complexity index is 1140. The molecule has 0 bridgehead atoms. The lowest BCUT2D eigenvalue weighted by atomic mass is 9.64. The van der Waals surface area contributed by atoms with Crippen LogP contribution >= 0.6 is 0 Å². The van der Waals surface area contributed by atoms with Gasteiger partial charge in [0.1, 0.15) is 5.82 Å². The van der Waals surface area contributed by atoms with E-state index in [4.69, 9.17) is 9.97 Å². The number of aliphatic carboxylic acids is 1. The number of anilines is 3. The molecule has 0 atom stereocenters. The van der Waals surface area contributed by atoms with E-state index in [1.54, 1.807) is 0 Å². The summed E-state index contributed by atoms with van der Waals surface area (Å²) in [5.74, 6) is 0.892. The minimum atomic E-state index is -0.723. The van der Waals surface area contributed by atoms with E-state index >= 15 is 0 Å². The van der Waals surface area contributed by atoms with E-state index in [0.717, 1.165) is 61.5 Å². The van der Waals surface area contributed by atoms with Crippen LogP contribution in [0.15, 0.2) is 54.6 Å². The number of nitrogens with one attached hydrogen (secondary N) is 1. The van der Waals surface area contributed by atoms with Crippen molar-refractivity contribution in [1.82, 2.24) is 9.97 Å². The van der Waals surface area contributed by atoms with Crippen molar-refractivity contribution in [3.8, 4) is 0 Å². The lowest BCUT2D eigenvalue weighted by Crippen LogP contribution is -2.42. The van der Waals surface area contributed by atoms with E-state index in [2.05, 4.69) is 41.4 Å². The molecular weight excluding hydrogens is 412 g/mol. The zero-order valence-electron chi connectivity index (χ0n) is 19.1. The molecule has 2 aliphatic carbocycles. The predicted octanol–water partition coefficient (Wildman–Crippen LogP) is 5.24. The molecule has 1 aromatic heterocycles. The van der Waals surface area contributed by atoms with Crippen molar-refractivity contribution in [3.63, 3.8) is 0 Å². The van der Waals surface area contributed by atoms with Gasteiger partial charge in [-0.05, 0) is 62.3 Å². The molecule has 170 valence electrons. The number of carboxylic acid groups (broad SMARTS) is 1. The SMILES string of the molecule is CCN(Cc1ccccc1)c1nc(Nc2ccc(C3(C(=O)O)CCC3)cc2)nc2c1CCC2. The van der Waals surface area contributed by atoms with Gasteiger partial charge in [-0.1, -0.05) is 48.9 Å². The molecule has 0 unspecified atom stereocenters. The Balaban J connectivity index is 1.41. The molecule has 1 saturated carbocycles. The lowest BCUT2D eigenvalue weighted by Gasteiger charge is -2.38. The first kappa shape index (κ1) is 21.4. The maximum atomic E-state index is 11.8. The number of nitrogens with zero attached hydrogens (tertiary/aromatic N) is 3. The van der Waals surface area contributed by atoms with Crippen molar-refractivity contribution in [2.24, 2.45) is 0 Å². The molecule has 0 spiro atoms. The molecular formula is C27H30N4O2. The highest BCUT2D eigenvalue weighted by Gasteiger charge is 2.45. The van der Waals surface area contributed by atoms with Crippen molar-refractivity contribution in [2.45, 2.75) is 57.4 Å². The fraction of sp³-hybridized carbons (Fsp3) is 0.370. The molecule has 1 fully saturated rings. The van der Waals surface area contributed by atoms with Gasteiger partial charge in [0, 0.05) is 24.3 Å². The first-order valence-corrected chi connectivity index (χ1v) is 11.9. The van der Waals surface area contributed by atoms with E-state index in [9.17, 15) is 9.90 Å². The van der Waals surface area contributed by atoms with Crippen LogP contribution in [0.1, 0.15) is 55.0 Å². The summed E-state index contributed by atoms with van der Waals surface area (Å²) in [5.41, 5.74) is 4.69. The first-order valence-electron chi connectivity index (χ1n) is 11.9. The maximum absolute atomic E-state index is 11.8. The van der Waals surface area contributed by atoms with Gasteiger partial charge in [-0.15, -0.1) is 0 Å². The smallest absolute Gasteiger partial charge is 0.314 e. The van der Waals surface area contributed by atoms with Gasteiger partial charge < -0.3 is 15.3 Å². The highest BCUT2D eigenvalue weighted by Crippen LogP contribution is 2.44. The fourth-order valence-corrected chi connectivity index (χ4v) is 5.03. The maximum Gasteiger partial charge on any atom is 0.314 e. The third kappa shape index (κ3) is 4.06. The molecule has 0 amide bonds. The van der Waals surface area contributed by atoms with E-state index in [0.29, 0.717) is 18.8 Å². The van der Waals surface area contributed by atoms with Gasteiger partial charge in [0.25, 0.3) is 0 Å². The second-order valence-corrected chi connectivity index (χ2v) is 9.09. The van der Waals surface area contributed by atoms with Crippen molar-refractivity contribution in [3.05, 3.63) is 77.0 Å². The number of rotatable bonds is 8. The Morgan fingerprint density at radius 3 is 2.42 bits per heavy atom. The minimum Gasteiger partial charge on any atom is -0.481 e. The molecule has 2 aliphatic rings. The molecule has 6 nitrogen and oxygen atoms in total. The zero-order valence-corrected chi connectivity index (χ0v) is 19.1. The van der Waals surface area contributed by atoms with Gasteiger partial charge in [0.15, 0.2) is 0 Å². The van der Waals surface area contributed by atoms with Gasteiger partial charge in [-0.25, -0.2) is 4.98 Å². The van der Waals surface area contributed by atoms with Gasteiger partial charge in [-0.3, -0.25) is 4.79 Å². The number of aryl methyl sites for hydroxylation is 1. The Labute approximate surface area is 194 Å². The number of benzene rings is 2. The van der Waals surface area contributed by atoms with E-state index in [1.807, 2.05) is 30.3 Å². The lowest BCUT2D eigenvalue weighted by molar-refractivity contribution is -0.147. The topological polar surface area (TPSA) is 78.4 Å². The van der Waals surface area contributed by atoms with Crippen molar-refractivity contribution >= 4 is 23.4 Å². The third-order valence-corrected chi connectivity index (χ3v) is 7.12. The highest BCUT2D eigenvalue weighted by atomic mass is 16.4. The zero-order chi connectivity index (χ0) is 22.8. The second-order valence-electron chi connectivity index (χ2n) is 9.09. The Hall–Kier alpha value is -3.41. The Kier molecular flexibility index (Phi) is 5.75. The predicted molar refractivity (Wildman–Crippen MR) is 130 cm³/mol. The average Bonchev–Trinajstić information content (AvgIpc) is 3.26. The van der Waals surface area contributed by atoms with Gasteiger partial charge in [-0.2, -0.15) is 4.98 Å². The van der Waals surface area contributed by atoms with Gasteiger partial charge in [0.2, 0.25) is 5.95 Å². The van der Waals surface area contributed by atoms with Crippen LogP contribution < -0.4 is 10.2 Å². The average molecular weight is 443 g/mol. The number of carboxylic acids is 1. The Morgan fingerprint density at radius 2 is 1.79 bits per heavy atom. The monoisotopic (exact) mass is 442 g/mol. The van der Waals surface area contributed by atoms with Crippen LogP contribution in [0.2, 0.25) is 0 Å². The van der Waals surface area contributed by atoms with Crippen LogP contribution in [-0.2, 0) is 29.6 Å². The standard InChI is InChI=1S/C27H30N4O2/c1-2-31(18-19-8-4-3-5-9-19)24-22-10-6-11-23(22)29-26(30-24)28-21-14-12-20(13-15-21)27(25(32)33)16-7-17-27/h3-5,8-9,12-15H,2,6-7,10-11,16-18H2,1H3,(H,32,33)(H,28,29,30). The van der Waals surface area contributed by atoms with Crippen LogP contribution in [0.5, 0.6) is 0 Å².